The number of hydrogen-bond acceptors (Lipinski definition) is 4. The number of alkyl halides is 3. The Morgan fingerprint density at radius 1 is 1.12 bits per heavy atom. The van der Waals surface area contributed by atoms with Crippen molar-refractivity contribution in [3.8, 4) is 17.2 Å². The third-order valence-corrected chi connectivity index (χ3v) is 3.43. The average Bonchev–Trinajstić information content (AvgIpc) is 2.55. The molecule has 4 nitrogen and oxygen atoms in total. The summed E-state index contributed by atoms with van der Waals surface area (Å²) in [7, 11) is 1.24. The number of carbonyl (C=O) groups excluding carboxylic acids is 1. The predicted octanol–water partition coefficient (Wildman–Crippen LogP) is 5.09. The zero-order valence-electron chi connectivity index (χ0n) is 13.3. The summed E-state index contributed by atoms with van der Waals surface area (Å²) in [5.41, 5.74) is -0.867. The molecule has 2 rings (SSSR count). The number of halogens is 4. The number of esters is 1. The van der Waals surface area contributed by atoms with Gasteiger partial charge in [0.2, 0.25) is 0 Å². The maximum Gasteiger partial charge on any atom is 0.416 e. The van der Waals surface area contributed by atoms with E-state index in [1.165, 1.54) is 20.1 Å². The van der Waals surface area contributed by atoms with E-state index in [1.807, 2.05) is 0 Å². The largest absolute Gasteiger partial charge is 0.479 e. The van der Waals surface area contributed by atoms with E-state index in [9.17, 15) is 18.0 Å². The molecule has 0 heterocycles. The Bertz CT molecular complexity index is 762. The lowest BCUT2D eigenvalue weighted by Crippen LogP contribution is -2.24. The minimum atomic E-state index is -4.49. The van der Waals surface area contributed by atoms with Crippen LogP contribution in [-0.4, -0.2) is 19.2 Å². The molecule has 0 aliphatic carbocycles. The highest BCUT2D eigenvalue weighted by Crippen LogP contribution is 2.36. The van der Waals surface area contributed by atoms with Gasteiger partial charge in [-0.1, -0.05) is 17.7 Å². The zero-order valence-corrected chi connectivity index (χ0v) is 14.0. The van der Waals surface area contributed by atoms with Crippen LogP contribution in [0.3, 0.4) is 0 Å². The van der Waals surface area contributed by atoms with Crippen molar-refractivity contribution in [2.75, 3.05) is 7.11 Å². The summed E-state index contributed by atoms with van der Waals surface area (Å²) in [6, 6.07) is 9.05. The summed E-state index contributed by atoms with van der Waals surface area (Å²) in [5.74, 6) is 0.139. The molecule has 0 aromatic heterocycles. The Morgan fingerprint density at radius 2 is 1.80 bits per heavy atom. The van der Waals surface area contributed by atoms with Crippen LogP contribution in [0.1, 0.15) is 12.5 Å². The third-order valence-electron chi connectivity index (χ3n) is 3.14. The van der Waals surface area contributed by atoms with E-state index in [4.69, 9.17) is 21.1 Å². The van der Waals surface area contributed by atoms with Gasteiger partial charge in [-0.25, -0.2) is 4.79 Å². The Balaban J connectivity index is 2.16. The minimum Gasteiger partial charge on any atom is -0.479 e. The molecule has 0 N–H and O–H groups in total. The first kappa shape index (κ1) is 18.9. The second-order valence-corrected chi connectivity index (χ2v) is 5.41. The fourth-order valence-electron chi connectivity index (χ4n) is 1.92. The van der Waals surface area contributed by atoms with Crippen molar-refractivity contribution in [2.45, 2.75) is 19.2 Å². The first-order valence-electron chi connectivity index (χ1n) is 7.10. The Morgan fingerprint density at radius 3 is 2.40 bits per heavy atom. The van der Waals surface area contributed by atoms with Crippen LogP contribution in [0.4, 0.5) is 13.2 Å². The standard InChI is InChI=1S/C17H14ClF3O4/c1-10(16(22)23-2)24-12-4-3-5-13(9-12)25-15-7-6-11(8-14(15)18)17(19,20)21/h3-10H,1-2H3. The Labute approximate surface area is 147 Å². The molecule has 0 bridgehead atoms. The fraction of sp³-hybridized carbons (Fsp3) is 0.235. The van der Waals surface area contributed by atoms with Crippen LogP contribution in [0.2, 0.25) is 5.02 Å². The van der Waals surface area contributed by atoms with Crippen molar-refractivity contribution < 1.29 is 32.2 Å². The molecule has 25 heavy (non-hydrogen) atoms. The van der Waals surface area contributed by atoms with Crippen molar-refractivity contribution in [3.05, 3.63) is 53.1 Å². The molecule has 0 radical (unpaired) electrons. The third kappa shape index (κ3) is 5.03. The van der Waals surface area contributed by atoms with Crippen LogP contribution >= 0.6 is 11.6 Å². The molecule has 1 atom stereocenters. The van der Waals surface area contributed by atoms with Gasteiger partial charge in [0, 0.05) is 6.07 Å². The first-order valence-corrected chi connectivity index (χ1v) is 7.47. The maximum atomic E-state index is 12.6. The SMILES string of the molecule is COC(=O)C(C)Oc1cccc(Oc2ccc(C(F)(F)F)cc2Cl)c1. The molecule has 0 saturated carbocycles. The highest BCUT2D eigenvalue weighted by atomic mass is 35.5. The lowest BCUT2D eigenvalue weighted by atomic mass is 10.2. The highest BCUT2D eigenvalue weighted by molar-refractivity contribution is 6.32. The molecule has 8 heteroatoms. The van der Waals surface area contributed by atoms with Crippen molar-refractivity contribution in [3.63, 3.8) is 0 Å². The number of benzene rings is 2. The monoisotopic (exact) mass is 374 g/mol. The van der Waals surface area contributed by atoms with E-state index in [0.717, 1.165) is 18.2 Å². The number of hydrogen-bond donors (Lipinski definition) is 0. The molecule has 2 aromatic rings. The number of ether oxygens (including phenoxy) is 3. The van der Waals surface area contributed by atoms with E-state index < -0.39 is 23.8 Å². The van der Waals surface area contributed by atoms with Gasteiger partial charge in [0.05, 0.1) is 17.7 Å². The molecule has 0 aliphatic heterocycles. The summed E-state index contributed by atoms with van der Waals surface area (Å²) >= 11 is 5.85. The van der Waals surface area contributed by atoms with E-state index in [1.54, 1.807) is 18.2 Å². The van der Waals surface area contributed by atoms with Crippen molar-refractivity contribution in [1.29, 1.82) is 0 Å². The molecule has 134 valence electrons. The van der Waals surface area contributed by atoms with Gasteiger partial charge in [0.15, 0.2) is 6.10 Å². The summed E-state index contributed by atoms with van der Waals surface area (Å²) < 4.78 is 53.4. The molecular formula is C17H14ClF3O4. The number of methoxy groups -OCH3 is 1. The predicted molar refractivity (Wildman–Crippen MR) is 85.1 cm³/mol. The fourth-order valence-corrected chi connectivity index (χ4v) is 2.14. The van der Waals surface area contributed by atoms with Crippen molar-refractivity contribution in [1.82, 2.24) is 0 Å². The van der Waals surface area contributed by atoms with Gasteiger partial charge in [-0.3, -0.25) is 0 Å². The van der Waals surface area contributed by atoms with Gasteiger partial charge in [-0.15, -0.1) is 0 Å². The van der Waals surface area contributed by atoms with Crippen molar-refractivity contribution in [2.24, 2.45) is 0 Å². The smallest absolute Gasteiger partial charge is 0.416 e. The van der Waals surface area contributed by atoms with Crippen LogP contribution in [0, 0.1) is 0 Å². The van der Waals surface area contributed by atoms with E-state index in [0.29, 0.717) is 5.75 Å². The van der Waals surface area contributed by atoms with Gasteiger partial charge >= 0.3 is 12.1 Å². The van der Waals surface area contributed by atoms with E-state index in [2.05, 4.69) is 4.74 Å². The topological polar surface area (TPSA) is 44.8 Å². The molecule has 0 fully saturated rings. The van der Waals surface area contributed by atoms with Crippen LogP contribution in [-0.2, 0) is 15.7 Å². The lowest BCUT2D eigenvalue weighted by Gasteiger charge is -2.14. The molecule has 1 unspecified atom stereocenters. The summed E-state index contributed by atoms with van der Waals surface area (Å²) in [5, 5.41) is -0.177. The summed E-state index contributed by atoms with van der Waals surface area (Å²) in [6.07, 6.45) is -5.31. The summed E-state index contributed by atoms with van der Waals surface area (Å²) in [6.45, 7) is 1.52. The maximum absolute atomic E-state index is 12.6. The van der Waals surface area contributed by atoms with Gasteiger partial charge in [-0.05, 0) is 37.3 Å². The molecule has 0 amide bonds. The number of carbonyl (C=O) groups is 1. The molecule has 0 saturated heterocycles. The minimum absolute atomic E-state index is 0.0628. The Hall–Kier alpha value is -2.41. The molecular weight excluding hydrogens is 361 g/mol. The molecule has 0 aliphatic rings. The van der Waals surface area contributed by atoms with Gasteiger partial charge in [0.1, 0.15) is 17.2 Å². The van der Waals surface area contributed by atoms with Crippen LogP contribution < -0.4 is 9.47 Å². The second kappa shape index (κ2) is 7.65. The van der Waals surface area contributed by atoms with Crippen LogP contribution in [0.5, 0.6) is 17.2 Å². The molecule has 2 aromatic carbocycles. The van der Waals surface area contributed by atoms with Crippen LogP contribution in [0.25, 0.3) is 0 Å². The average molecular weight is 375 g/mol. The zero-order chi connectivity index (χ0) is 18.6. The van der Waals surface area contributed by atoms with Gasteiger partial charge < -0.3 is 14.2 Å². The van der Waals surface area contributed by atoms with E-state index >= 15 is 0 Å². The lowest BCUT2D eigenvalue weighted by molar-refractivity contribution is -0.148. The van der Waals surface area contributed by atoms with Crippen LogP contribution in [0.15, 0.2) is 42.5 Å². The van der Waals surface area contributed by atoms with Gasteiger partial charge in [-0.2, -0.15) is 13.2 Å². The molecule has 0 spiro atoms. The van der Waals surface area contributed by atoms with E-state index in [-0.39, 0.29) is 16.5 Å². The van der Waals surface area contributed by atoms with Gasteiger partial charge in [0.25, 0.3) is 0 Å². The Kier molecular flexibility index (Phi) is 5.79. The number of rotatable bonds is 5. The summed E-state index contributed by atoms with van der Waals surface area (Å²) in [4.78, 5) is 11.4. The normalized spacial score (nSPS) is 12.4. The quantitative estimate of drug-likeness (QED) is 0.684. The highest BCUT2D eigenvalue weighted by Gasteiger charge is 2.31. The first-order chi connectivity index (χ1) is 11.7. The second-order valence-electron chi connectivity index (χ2n) is 5.00. The van der Waals surface area contributed by atoms with Crippen molar-refractivity contribution >= 4 is 17.6 Å².